The van der Waals surface area contributed by atoms with E-state index in [2.05, 4.69) is 31.9 Å². The molecule has 3 aliphatic rings. The average molecular weight is 1360 g/mol. The zero-order valence-electron chi connectivity index (χ0n) is 45.2. The first-order valence-corrected chi connectivity index (χ1v) is 25.0. The third-order valence-electron chi connectivity index (χ3n) is 9.07. The Bertz CT molecular complexity index is 3210. The van der Waals surface area contributed by atoms with Gasteiger partial charge < -0.3 is 9.59 Å². The van der Waals surface area contributed by atoms with Gasteiger partial charge in [0.2, 0.25) is 0 Å². The molecule has 0 amide bonds. The molecule has 0 heterocycles. The second-order valence-electron chi connectivity index (χ2n) is 13.1. The maximum atomic E-state index is 12.1. The van der Waals surface area contributed by atoms with Crippen molar-refractivity contribution in [2.24, 2.45) is 0 Å². The van der Waals surface area contributed by atoms with Crippen LogP contribution in [0.25, 0.3) is 16.7 Å². The minimum Gasteiger partial charge on any atom is -0.304 e. The summed E-state index contributed by atoms with van der Waals surface area (Å²) in [6, 6.07) is 42.2. The fourth-order valence-electron chi connectivity index (χ4n) is 6.04. The Morgan fingerprint density at radius 3 is 0.867 bits per heavy atom. The molecule has 0 bridgehead atoms. The molecule has 17 nitrogen and oxygen atoms in total. The van der Waals surface area contributed by atoms with Gasteiger partial charge in [0.05, 0.1) is 12.1 Å². The van der Waals surface area contributed by atoms with E-state index < -0.39 is 0 Å². The summed E-state index contributed by atoms with van der Waals surface area (Å²) in [7, 11) is 0. The molecule has 0 saturated carbocycles. The molecule has 3 aliphatic carbocycles. The summed E-state index contributed by atoms with van der Waals surface area (Å²) in [6.07, 6.45) is 7.90. The van der Waals surface area contributed by atoms with Crippen LogP contribution in [0, 0.1) is 325 Å². The van der Waals surface area contributed by atoms with E-state index in [0.717, 1.165) is 18.1 Å². The first-order valence-electron chi connectivity index (χ1n) is 21.8. The third-order valence-corrected chi connectivity index (χ3v) is 9.07. The number of alkyl halides is 2. The number of Topliss-reactive ketones (excluding diaryl/α,β-unsaturated/α-hetero) is 3. The predicted octanol–water partition coefficient (Wildman–Crippen LogP) is 12.1. The summed E-state index contributed by atoms with van der Waals surface area (Å²) >= 11 is 5.88. The van der Waals surface area contributed by atoms with E-state index in [1.807, 2.05) is 48.1 Å². The van der Waals surface area contributed by atoms with Crippen molar-refractivity contribution >= 4 is 78.5 Å². The fraction of sp³-hybridized carbons (Fsp3) is 0.169. The molecule has 0 N–H and O–H groups in total. The molecule has 0 spiro atoms. The number of nitrogens with zero attached hydrogens (tertiary/aromatic N) is 12. The van der Waals surface area contributed by atoms with Crippen molar-refractivity contribution in [3.63, 3.8) is 0 Å². The van der Waals surface area contributed by atoms with Crippen LogP contribution >= 0.6 is 31.9 Å². The zero-order chi connectivity index (χ0) is 60.6. The average Bonchev–Trinajstić information content (AvgIpc) is 4.08. The van der Waals surface area contributed by atoms with Crippen molar-refractivity contribution in [2.45, 2.75) is 54.4 Å². The molecule has 3 aromatic rings. The largest absolute Gasteiger partial charge is 0.304 e. The Kier molecular flexibility index (Phi) is 74.4. The van der Waals surface area contributed by atoms with Gasteiger partial charge >= 0.3 is 0 Å². The molecule has 6 rings (SSSR count). The first kappa shape index (κ1) is 97.4. The monoisotopic (exact) mass is 1360 g/mol. The Labute approximate surface area is 652 Å². The number of allylic oxidation sites excluding steroid dienone is 14. The second kappa shape index (κ2) is 63.4. The number of rotatable bonds is 0. The predicted molar refractivity (Wildman–Crippen MR) is 298 cm³/mol. The molecule has 0 saturated heterocycles. The Morgan fingerprint density at radius 1 is 0.410 bits per heavy atom. The summed E-state index contributed by atoms with van der Waals surface area (Å²) in [5.74, 6) is 3.35. The summed E-state index contributed by atoms with van der Waals surface area (Å²) < 4.78 is 0. The molecule has 0 unspecified atom stereocenters. The first-order chi connectivity index (χ1) is 37.7. The van der Waals surface area contributed by atoms with E-state index in [1.54, 1.807) is 149 Å². The minimum atomic E-state index is -0.124. The molecular weight excluding hydrogens is 1320 g/mol. The summed E-state index contributed by atoms with van der Waals surface area (Å²) in [5.41, 5.74) is 6.45. The van der Waals surface area contributed by atoms with Crippen LogP contribution in [0.1, 0.15) is 102 Å². The van der Waals surface area contributed by atoms with Crippen molar-refractivity contribution < 1.29 is 213 Å². The van der Waals surface area contributed by atoms with Crippen molar-refractivity contribution in [1.82, 2.24) is 0 Å². The molecule has 83 heavy (non-hydrogen) atoms. The molecule has 0 aliphatic heterocycles. The van der Waals surface area contributed by atoms with Gasteiger partial charge in [0.25, 0.3) is 0 Å². The molecular formula is C59H46Ar5Br2N12O5. The number of fused-ring (bicyclic) bond motifs is 3. The molecule has 3 aromatic carbocycles. The van der Waals surface area contributed by atoms with E-state index in [-0.39, 0.29) is 247 Å². The van der Waals surface area contributed by atoms with Crippen LogP contribution in [0.15, 0.2) is 136 Å². The second-order valence-corrected chi connectivity index (χ2v) is 13.1. The number of ketones is 3. The van der Waals surface area contributed by atoms with Crippen molar-refractivity contribution in [2.75, 3.05) is 11.7 Å². The summed E-state index contributed by atoms with van der Waals surface area (Å²) in [4.78, 5) is 53.3. The van der Waals surface area contributed by atoms with E-state index >= 15 is 0 Å². The van der Waals surface area contributed by atoms with Gasteiger partial charge in [0.1, 0.15) is 108 Å². The smallest absolute Gasteiger partial charge is 0.194 e. The van der Waals surface area contributed by atoms with E-state index in [0.29, 0.717) is 55.7 Å². The number of benzene rings is 3. The molecule has 0 aromatic heterocycles. The maximum Gasteiger partial charge on any atom is 0.194 e. The maximum absolute atomic E-state index is 12.1. The number of hydrogen-bond donors (Lipinski definition) is 0. The Morgan fingerprint density at radius 2 is 0.663 bits per heavy atom. The standard InChI is InChI=1S/2C14H8N2O.C12H6N2O.2C5H4N2.C3H2N2.2C2H4O.2CH3Br.5Ar/c2*1-2-10-13(9(7-15)8-16)11-5-3-4-6-12(11)14(10)17;13-6-8(7-14)11-5-12(15)10-4-2-1-3-9(10)11;2*1-2-5(3-6)4-7;4-2-1-3-5;2*1-2-3;2*1-2;;;;;/h2*2-6H,1H3;1-4H,5H2;2*2H,1H3;1H2;2*2H,1H3;2*1H3;;;;;/b2*10-2-;;;;;;;;;;;;;. The minimum absolute atomic E-state index is 0. The van der Waals surface area contributed by atoms with Gasteiger partial charge in [0.15, 0.2) is 17.3 Å². The van der Waals surface area contributed by atoms with Crippen LogP contribution < -0.4 is 0 Å². The van der Waals surface area contributed by atoms with Gasteiger partial charge in [-0.2, -0.15) is 63.1 Å². The Balaban J connectivity index is -0.000000113. The number of carbonyl (C=O) groups is 5. The Hall–Kier alpha value is -4.67. The summed E-state index contributed by atoms with van der Waals surface area (Å²) in [5, 5.41) is 100. The van der Waals surface area contributed by atoms with Gasteiger partial charge in [-0.15, -0.1) is 0 Å². The van der Waals surface area contributed by atoms with E-state index in [1.165, 1.54) is 26.0 Å². The van der Waals surface area contributed by atoms with Crippen LogP contribution in [0.2, 0.25) is 0 Å². The van der Waals surface area contributed by atoms with Crippen molar-refractivity contribution in [3.05, 3.63) is 169 Å². The van der Waals surface area contributed by atoms with Gasteiger partial charge in [-0.05, 0) is 75.5 Å². The van der Waals surface area contributed by atoms with Gasteiger partial charge in [-0.25, -0.2) is 0 Å². The SMILES string of the molecule is C/C=C1\C(=O)c2ccccc2C1=C(C#N)C#N.C/C=C1\C(=O)c2ccccc2C1=C(C#N)C#N.CBr.CBr.CC=C(C#N)C#N.CC=C(C#N)C#N.CC=O.CC=O.N#CC(C#N)=C1CC(=O)c2ccccc21.N#CCC#N.[Ar].[Ar].[Ar].[Ar].[Ar]. The van der Waals surface area contributed by atoms with Crippen LogP contribution in [0.5, 0.6) is 0 Å². The molecule has 0 fully saturated rings. The quantitative estimate of drug-likeness (QED) is 0.0873. The number of nitriles is 12. The van der Waals surface area contributed by atoms with Crippen LogP contribution in [-0.4, -0.2) is 41.6 Å². The molecule has 0 atom stereocenters. The van der Waals surface area contributed by atoms with E-state index in [4.69, 9.17) is 72.7 Å². The normalized spacial score (nSPS) is 10.3. The molecule has 426 valence electrons. The number of halogens is 2. The van der Waals surface area contributed by atoms with Gasteiger partial charge in [-0.1, -0.05) is 129 Å². The number of carbonyl (C=O) groups excluding carboxylic acids is 5. The van der Waals surface area contributed by atoms with Crippen LogP contribution in [0.4, 0.5) is 0 Å². The zero-order valence-corrected chi connectivity index (χ0v) is 51.9. The fourth-order valence-corrected chi connectivity index (χ4v) is 6.04. The van der Waals surface area contributed by atoms with Gasteiger partial charge in [0, 0.05) is 234 Å². The van der Waals surface area contributed by atoms with E-state index in [9.17, 15) is 14.4 Å². The number of hydrogen-bond acceptors (Lipinski definition) is 17. The third kappa shape index (κ3) is 33.6. The van der Waals surface area contributed by atoms with Gasteiger partial charge in [-0.3, -0.25) is 14.4 Å². The number of aldehydes is 2. The molecule has 24 heteroatoms. The van der Waals surface area contributed by atoms with Crippen LogP contribution in [0.3, 0.4) is 0 Å². The topological polar surface area (TPSA) is 371 Å². The molecule has 0 radical (unpaired) electrons. The van der Waals surface area contributed by atoms with Crippen molar-refractivity contribution in [1.29, 1.82) is 63.1 Å². The summed E-state index contributed by atoms with van der Waals surface area (Å²) in [6.45, 7) is 9.65. The van der Waals surface area contributed by atoms with Crippen LogP contribution in [-0.2, 0) is 9.59 Å². The van der Waals surface area contributed by atoms with Crippen molar-refractivity contribution in [3.8, 4) is 72.8 Å².